The summed E-state index contributed by atoms with van der Waals surface area (Å²) in [6.45, 7) is 1.93. The average molecular weight is 195 g/mol. The van der Waals surface area contributed by atoms with Crippen molar-refractivity contribution in [1.82, 2.24) is 0 Å². The molecule has 2 nitrogen and oxygen atoms in total. The Kier molecular flexibility index (Phi) is 3.30. The fourth-order valence-corrected chi connectivity index (χ4v) is 1.32. The number of hydrogen-bond acceptors (Lipinski definition) is 2. The van der Waals surface area contributed by atoms with Crippen LogP contribution in [0.4, 0.5) is 0 Å². The molecule has 3 heteroatoms. The van der Waals surface area contributed by atoms with E-state index in [-0.39, 0.29) is 6.04 Å². The van der Waals surface area contributed by atoms with Crippen LogP contribution in [-0.4, -0.2) is 6.04 Å². The normalized spacial score (nSPS) is 12.2. The summed E-state index contributed by atoms with van der Waals surface area (Å²) in [6, 6.07) is 7.55. The number of nitrogens with two attached hydrogens (primary N) is 1. The molecule has 0 fully saturated rings. The maximum Gasteiger partial charge on any atom is 0.101 e. The number of nitriles is 1. The van der Waals surface area contributed by atoms with Crippen molar-refractivity contribution in [3.8, 4) is 6.07 Å². The molecule has 0 heterocycles. The summed E-state index contributed by atoms with van der Waals surface area (Å²) in [5.74, 6) is 0. The molecule has 0 spiro atoms. The van der Waals surface area contributed by atoms with Gasteiger partial charge in [-0.1, -0.05) is 17.7 Å². The average Bonchev–Trinajstić information content (AvgIpc) is 2.07. The van der Waals surface area contributed by atoms with Crippen LogP contribution in [0.1, 0.15) is 18.1 Å². The van der Waals surface area contributed by atoms with Gasteiger partial charge in [0.15, 0.2) is 0 Å². The summed E-state index contributed by atoms with van der Waals surface area (Å²) in [7, 11) is 0. The number of nitrogens with zero attached hydrogens (tertiary/aromatic N) is 1. The molecule has 0 radical (unpaired) electrons. The van der Waals surface area contributed by atoms with Gasteiger partial charge < -0.3 is 5.73 Å². The fourth-order valence-electron chi connectivity index (χ4n) is 1.16. The Morgan fingerprint density at radius 1 is 1.62 bits per heavy atom. The molecule has 0 amide bonds. The standard InChI is InChI=1S/C10H11ClN2/c1-7(13)4-8-2-3-10(11)9(5-8)6-12/h2-3,5,7H,4,13H2,1H3/t7-/m0/s1. The second-order valence-electron chi connectivity index (χ2n) is 3.11. The first kappa shape index (κ1) is 10.0. The molecule has 13 heavy (non-hydrogen) atoms. The molecule has 0 aliphatic heterocycles. The van der Waals surface area contributed by atoms with Crippen LogP contribution in [0.5, 0.6) is 0 Å². The molecule has 0 bridgehead atoms. The van der Waals surface area contributed by atoms with Gasteiger partial charge in [-0.15, -0.1) is 0 Å². The summed E-state index contributed by atoms with van der Waals surface area (Å²) in [6.07, 6.45) is 0.770. The highest BCUT2D eigenvalue weighted by atomic mass is 35.5. The minimum absolute atomic E-state index is 0.104. The van der Waals surface area contributed by atoms with E-state index in [2.05, 4.69) is 0 Å². The smallest absolute Gasteiger partial charge is 0.101 e. The van der Waals surface area contributed by atoms with Gasteiger partial charge in [-0.3, -0.25) is 0 Å². The van der Waals surface area contributed by atoms with Crippen molar-refractivity contribution in [3.05, 3.63) is 34.3 Å². The van der Waals surface area contributed by atoms with Gasteiger partial charge in [0.25, 0.3) is 0 Å². The molecule has 1 rings (SSSR count). The zero-order chi connectivity index (χ0) is 9.84. The van der Waals surface area contributed by atoms with Crippen LogP contribution in [0.25, 0.3) is 0 Å². The molecular formula is C10H11ClN2. The van der Waals surface area contributed by atoms with Crippen molar-refractivity contribution in [2.45, 2.75) is 19.4 Å². The first-order valence-electron chi connectivity index (χ1n) is 4.07. The van der Waals surface area contributed by atoms with Crippen molar-refractivity contribution < 1.29 is 0 Å². The van der Waals surface area contributed by atoms with E-state index in [1.54, 1.807) is 12.1 Å². The maximum atomic E-state index is 8.71. The van der Waals surface area contributed by atoms with Crippen LogP contribution in [0, 0.1) is 11.3 Å². The molecule has 1 aromatic rings. The molecule has 0 aromatic heterocycles. The van der Waals surface area contributed by atoms with E-state index in [9.17, 15) is 0 Å². The highest BCUT2D eigenvalue weighted by Crippen LogP contribution is 2.17. The molecule has 0 aliphatic rings. The van der Waals surface area contributed by atoms with E-state index in [1.807, 2.05) is 19.1 Å². The third-order valence-corrected chi connectivity index (χ3v) is 2.04. The van der Waals surface area contributed by atoms with Crippen LogP contribution in [-0.2, 0) is 6.42 Å². The number of halogens is 1. The predicted molar refractivity (Wildman–Crippen MR) is 53.5 cm³/mol. The Hall–Kier alpha value is -1.04. The lowest BCUT2D eigenvalue weighted by molar-refractivity contribution is 0.738. The first-order valence-corrected chi connectivity index (χ1v) is 4.45. The Labute approximate surface area is 82.9 Å². The molecular weight excluding hydrogens is 184 g/mol. The first-order chi connectivity index (χ1) is 6.13. The molecule has 68 valence electrons. The van der Waals surface area contributed by atoms with Gasteiger partial charge in [0.2, 0.25) is 0 Å². The maximum absolute atomic E-state index is 8.71. The van der Waals surface area contributed by atoms with E-state index in [0.29, 0.717) is 10.6 Å². The molecule has 0 saturated heterocycles. The summed E-state index contributed by atoms with van der Waals surface area (Å²) in [4.78, 5) is 0. The van der Waals surface area contributed by atoms with Gasteiger partial charge in [-0.05, 0) is 31.0 Å². The van der Waals surface area contributed by atoms with Gasteiger partial charge in [-0.25, -0.2) is 0 Å². The third kappa shape index (κ3) is 2.73. The van der Waals surface area contributed by atoms with Gasteiger partial charge in [-0.2, -0.15) is 5.26 Å². The minimum Gasteiger partial charge on any atom is -0.328 e. The molecule has 0 aliphatic carbocycles. The highest BCUT2D eigenvalue weighted by molar-refractivity contribution is 6.31. The van der Waals surface area contributed by atoms with Crippen LogP contribution >= 0.6 is 11.6 Å². The van der Waals surface area contributed by atoms with Crippen molar-refractivity contribution in [2.75, 3.05) is 0 Å². The number of rotatable bonds is 2. The highest BCUT2D eigenvalue weighted by Gasteiger charge is 2.02. The molecule has 0 saturated carbocycles. The summed E-state index contributed by atoms with van der Waals surface area (Å²) in [5.41, 5.74) is 7.20. The number of benzene rings is 1. The van der Waals surface area contributed by atoms with Gasteiger partial charge in [0.05, 0.1) is 10.6 Å². The Morgan fingerprint density at radius 3 is 2.85 bits per heavy atom. The summed E-state index contributed by atoms with van der Waals surface area (Å²) >= 11 is 5.78. The SMILES string of the molecule is C[C@H](N)Cc1ccc(Cl)c(C#N)c1. The molecule has 1 aromatic carbocycles. The second kappa shape index (κ2) is 4.27. The van der Waals surface area contributed by atoms with E-state index in [0.717, 1.165) is 12.0 Å². The van der Waals surface area contributed by atoms with Crippen molar-refractivity contribution >= 4 is 11.6 Å². The van der Waals surface area contributed by atoms with Crippen LogP contribution in [0.2, 0.25) is 5.02 Å². The topological polar surface area (TPSA) is 49.8 Å². The lowest BCUT2D eigenvalue weighted by Crippen LogP contribution is -2.17. The van der Waals surface area contributed by atoms with Crippen LogP contribution < -0.4 is 5.73 Å². The molecule has 0 unspecified atom stereocenters. The van der Waals surface area contributed by atoms with E-state index < -0.39 is 0 Å². The molecule has 2 N–H and O–H groups in total. The zero-order valence-electron chi connectivity index (χ0n) is 7.42. The van der Waals surface area contributed by atoms with E-state index in [1.165, 1.54) is 0 Å². The van der Waals surface area contributed by atoms with Crippen LogP contribution in [0.3, 0.4) is 0 Å². The Balaban J connectivity index is 2.95. The Morgan fingerprint density at radius 2 is 2.31 bits per heavy atom. The quantitative estimate of drug-likeness (QED) is 0.784. The van der Waals surface area contributed by atoms with E-state index in [4.69, 9.17) is 22.6 Å². The fraction of sp³-hybridized carbons (Fsp3) is 0.300. The number of hydrogen-bond donors (Lipinski definition) is 1. The lowest BCUT2D eigenvalue weighted by atomic mass is 10.1. The van der Waals surface area contributed by atoms with Crippen molar-refractivity contribution in [3.63, 3.8) is 0 Å². The summed E-state index contributed by atoms with van der Waals surface area (Å²) in [5, 5.41) is 9.21. The Bertz CT molecular complexity index is 339. The molecule has 1 atom stereocenters. The van der Waals surface area contributed by atoms with Crippen LogP contribution in [0.15, 0.2) is 18.2 Å². The van der Waals surface area contributed by atoms with E-state index >= 15 is 0 Å². The van der Waals surface area contributed by atoms with Crippen molar-refractivity contribution in [2.24, 2.45) is 5.73 Å². The monoisotopic (exact) mass is 194 g/mol. The zero-order valence-corrected chi connectivity index (χ0v) is 8.17. The van der Waals surface area contributed by atoms with Crippen molar-refractivity contribution in [1.29, 1.82) is 5.26 Å². The van der Waals surface area contributed by atoms with Gasteiger partial charge in [0.1, 0.15) is 6.07 Å². The summed E-state index contributed by atoms with van der Waals surface area (Å²) < 4.78 is 0. The van der Waals surface area contributed by atoms with Gasteiger partial charge >= 0.3 is 0 Å². The largest absolute Gasteiger partial charge is 0.328 e. The predicted octanol–water partition coefficient (Wildman–Crippen LogP) is 2.10. The second-order valence-corrected chi connectivity index (χ2v) is 3.51. The third-order valence-electron chi connectivity index (χ3n) is 1.71. The van der Waals surface area contributed by atoms with Gasteiger partial charge in [0, 0.05) is 6.04 Å². The minimum atomic E-state index is 0.104. The lowest BCUT2D eigenvalue weighted by Gasteiger charge is -2.05.